The average Bonchev–Trinajstić information content (AvgIpc) is 2.88. The molecule has 2 N–H and O–H groups in total. The van der Waals surface area contributed by atoms with Crippen molar-refractivity contribution in [3.63, 3.8) is 0 Å². The third-order valence-corrected chi connectivity index (χ3v) is 6.73. The minimum absolute atomic E-state index is 0. The number of aromatic hydroxyl groups is 1. The Labute approximate surface area is 228 Å². The highest BCUT2D eigenvalue weighted by molar-refractivity contribution is 5.98. The standard InChI is InChI=1S/C30H36N2O2.2ClH/c1-23(2)31-18-20-32(21-19-31)27-14-10-25(11-15-27)30(26-12-16-28(34)17-13-26)29(9-6-22-33)24-7-4-3-5-8-24;;/h3-5,7-8,10-17,23,33-34H,6,9,18-22H2,1-2H3;2*1H/b30-29+;;. The summed E-state index contributed by atoms with van der Waals surface area (Å²) in [6.07, 6.45) is 1.47. The van der Waals surface area contributed by atoms with E-state index in [1.54, 1.807) is 12.1 Å². The fourth-order valence-electron chi connectivity index (χ4n) is 4.79. The van der Waals surface area contributed by atoms with Crippen LogP contribution >= 0.6 is 24.8 Å². The van der Waals surface area contributed by atoms with Crippen LogP contribution in [0.4, 0.5) is 5.69 Å². The van der Waals surface area contributed by atoms with Crippen LogP contribution in [-0.4, -0.2) is 53.9 Å². The quantitative estimate of drug-likeness (QED) is 0.327. The minimum atomic E-state index is 0. The molecule has 0 radical (unpaired) electrons. The lowest BCUT2D eigenvalue weighted by Gasteiger charge is -2.38. The Kier molecular flexibility index (Phi) is 11.8. The minimum Gasteiger partial charge on any atom is -0.508 e. The summed E-state index contributed by atoms with van der Waals surface area (Å²) in [4.78, 5) is 5.00. The molecule has 0 aliphatic carbocycles. The summed E-state index contributed by atoms with van der Waals surface area (Å²) in [5, 5.41) is 19.5. The number of piperazine rings is 1. The first kappa shape index (κ1) is 29.7. The summed E-state index contributed by atoms with van der Waals surface area (Å²) >= 11 is 0. The maximum atomic E-state index is 9.88. The molecule has 1 saturated heterocycles. The zero-order valence-electron chi connectivity index (χ0n) is 21.1. The summed E-state index contributed by atoms with van der Waals surface area (Å²) in [5.41, 5.74) is 6.98. The average molecular weight is 530 g/mol. The van der Waals surface area contributed by atoms with E-state index < -0.39 is 0 Å². The van der Waals surface area contributed by atoms with Crippen molar-refractivity contribution in [2.45, 2.75) is 32.7 Å². The normalized spacial score (nSPS) is 14.6. The lowest BCUT2D eigenvalue weighted by atomic mass is 9.87. The molecule has 4 nitrogen and oxygen atoms in total. The molecule has 1 aliphatic heterocycles. The predicted octanol–water partition coefficient (Wildman–Crippen LogP) is 6.50. The molecule has 4 rings (SSSR count). The van der Waals surface area contributed by atoms with Gasteiger partial charge in [0.15, 0.2) is 0 Å². The highest BCUT2D eigenvalue weighted by Crippen LogP contribution is 2.36. The Balaban J connectivity index is 0.00000228. The van der Waals surface area contributed by atoms with Gasteiger partial charge in [0, 0.05) is 44.5 Å². The molecule has 0 saturated carbocycles. The highest BCUT2D eigenvalue weighted by Gasteiger charge is 2.20. The number of anilines is 1. The van der Waals surface area contributed by atoms with Crippen LogP contribution < -0.4 is 4.90 Å². The number of phenols is 1. The molecular formula is C30H38Cl2N2O2. The van der Waals surface area contributed by atoms with Crippen molar-refractivity contribution in [3.05, 3.63) is 95.6 Å². The van der Waals surface area contributed by atoms with Crippen molar-refractivity contribution in [2.24, 2.45) is 0 Å². The Bertz CT molecular complexity index is 1080. The molecular weight excluding hydrogens is 491 g/mol. The van der Waals surface area contributed by atoms with Crippen LogP contribution in [-0.2, 0) is 0 Å². The van der Waals surface area contributed by atoms with E-state index in [0.29, 0.717) is 12.5 Å². The van der Waals surface area contributed by atoms with Crippen molar-refractivity contribution in [1.29, 1.82) is 0 Å². The molecule has 1 aliphatic rings. The highest BCUT2D eigenvalue weighted by atomic mass is 35.5. The summed E-state index contributed by atoms with van der Waals surface area (Å²) in [7, 11) is 0. The molecule has 1 heterocycles. The van der Waals surface area contributed by atoms with Gasteiger partial charge in [-0.15, -0.1) is 24.8 Å². The molecule has 0 unspecified atom stereocenters. The second-order valence-corrected chi connectivity index (χ2v) is 9.26. The molecule has 3 aromatic carbocycles. The van der Waals surface area contributed by atoms with Gasteiger partial charge < -0.3 is 15.1 Å². The van der Waals surface area contributed by atoms with Gasteiger partial charge in [-0.3, -0.25) is 4.90 Å². The van der Waals surface area contributed by atoms with Gasteiger partial charge in [-0.05, 0) is 78.8 Å². The third kappa shape index (κ3) is 7.27. The largest absolute Gasteiger partial charge is 0.508 e. The van der Waals surface area contributed by atoms with E-state index >= 15 is 0 Å². The molecule has 3 aromatic rings. The van der Waals surface area contributed by atoms with Crippen LogP contribution in [0.3, 0.4) is 0 Å². The molecule has 0 spiro atoms. The van der Waals surface area contributed by atoms with E-state index in [1.807, 2.05) is 18.2 Å². The predicted molar refractivity (Wildman–Crippen MR) is 157 cm³/mol. The second kappa shape index (κ2) is 14.3. The van der Waals surface area contributed by atoms with Gasteiger partial charge in [0.2, 0.25) is 0 Å². The van der Waals surface area contributed by atoms with Gasteiger partial charge in [0.05, 0.1) is 0 Å². The van der Waals surface area contributed by atoms with Gasteiger partial charge in [-0.1, -0.05) is 54.6 Å². The van der Waals surface area contributed by atoms with Crippen molar-refractivity contribution < 1.29 is 10.2 Å². The molecule has 0 aromatic heterocycles. The van der Waals surface area contributed by atoms with E-state index in [0.717, 1.165) is 54.9 Å². The first-order valence-electron chi connectivity index (χ1n) is 12.3. The van der Waals surface area contributed by atoms with Crippen molar-refractivity contribution >= 4 is 41.6 Å². The monoisotopic (exact) mass is 528 g/mol. The van der Waals surface area contributed by atoms with Crippen LogP contribution in [0.2, 0.25) is 0 Å². The molecule has 36 heavy (non-hydrogen) atoms. The molecule has 0 atom stereocenters. The second-order valence-electron chi connectivity index (χ2n) is 9.26. The fourth-order valence-corrected chi connectivity index (χ4v) is 4.79. The van der Waals surface area contributed by atoms with Crippen molar-refractivity contribution in [3.8, 4) is 5.75 Å². The Hall–Kier alpha value is -2.50. The summed E-state index contributed by atoms with van der Waals surface area (Å²) in [6, 6.07) is 27.3. The fraction of sp³-hybridized carbons (Fsp3) is 0.333. The Morgan fingerprint density at radius 3 is 1.83 bits per heavy atom. The maximum Gasteiger partial charge on any atom is 0.115 e. The van der Waals surface area contributed by atoms with Gasteiger partial charge in [0.1, 0.15) is 5.75 Å². The third-order valence-electron chi connectivity index (χ3n) is 6.73. The van der Waals surface area contributed by atoms with Crippen LogP contribution in [0.25, 0.3) is 11.1 Å². The van der Waals surface area contributed by atoms with Crippen molar-refractivity contribution in [2.75, 3.05) is 37.7 Å². The zero-order chi connectivity index (χ0) is 23.9. The number of aliphatic hydroxyl groups excluding tert-OH is 1. The van der Waals surface area contributed by atoms with E-state index in [-0.39, 0.29) is 37.2 Å². The number of benzene rings is 3. The number of halogens is 2. The van der Waals surface area contributed by atoms with E-state index in [2.05, 4.69) is 72.2 Å². The molecule has 0 amide bonds. The topological polar surface area (TPSA) is 46.9 Å². The van der Waals surface area contributed by atoms with E-state index in [1.165, 1.54) is 11.3 Å². The van der Waals surface area contributed by atoms with Gasteiger partial charge in [-0.2, -0.15) is 0 Å². The van der Waals surface area contributed by atoms with Gasteiger partial charge >= 0.3 is 0 Å². The molecule has 194 valence electrons. The summed E-state index contributed by atoms with van der Waals surface area (Å²) in [6.45, 7) is 8.97. The van der Waals surface area contributed by atoms with Crippen LogP contribution in [0.5, 0.6) is 5.75 Å². The lowest BCUT2D eigenvalue weighted by molar-refractivity contribution is 0.209. The Morgan fingerprint density at radius 1 is 0.750 bits per heavy atom. The number of hydrogen-bond donors (Lipinski definition) is 2. The van der Waals surface area contributed by atoms with Crippen LogP contribution in [0.15, 0.2) is 78.9 Å². The first-order chi connectivity index (χ1) is 16.6. The van der Waals surface area contributed by atoms with Crippen molar-refractivity contribution in [1.82, 2.24) is 4.90 Å². The number of hydrogen-bond acceptors (Lipinski definition) is 4. The SMILES string of the molecule is CC(C)N1CCN(c2ccc(/C(=C(/CCCO)c3ccccc3)c3ccc(O)cc3)cc2)CC1.Cl.Cl. The van der Waals surface area contributed by atoms with Crippen LogP contribution in [0, 0.1) is 0 Å². The smallest absolute Gasteiger partial charge is 0.115 e. The number of allylic oxidation sites excluding steroid dienone is 1. The zero-order valence-corrected chi connectivity index (χ0v) is 22.8. The summed E-state index contributed by atoms with van der Waals surface area (Å²) in [5.74, 6) is 0.260. The first-order valence-corrected chi connectivity index (χ1v) is 12.3. The molecule has 1 fully saturated rings. The van der Waals surface area contributed by atoms with E-state index in [9.17, 15) is 10.2 Å². The lowest BCUT2D eigenvalue weighted by Crippen LogP contribution is -2.48. The number of aliphatic hydroxyl groups is 1. The number of phenolic OH excluding ortho intramolecular Hbond substituents is 1. The van der Waals surface area contributed by atoms with Crippen LogP contribution in [0.1, 0.15) is 43.4 Å². The molecule has 0 bridgehead atoms. The van der Waals surface area contributed by atoms with E-state index in [4.69, 9.17) is 0 Å². The van der Waals surface area contributed by atoms with Gasteiger partial charge in [-0.25, -0.2) is 0 Å². The maximum absolute atomic E-state index is 9.88. The van der Waals surface area contributed by atoms with Gasteiger partial charge in [0.25, 0.3) is 0 Å². The molecule has 6 heteroatoms. The Morgan fingerprint density at radius 2 is 1.31 bits per heavy atom. The number of rotatable bonds is 8. The summed E-state index contributed by atoms with van der Waals surface area (Å²) < 4.78 is 0. The number of nitrogens with zero attached hydrogens (tertiary/aromatic N) is 2.